The Labute approximate surface area is 131 Å². The molecule has 1 heterocycles. The van der Waals surface area contributed by atoms with E-state index in [0.717, 1.165) is 0 Å². The Bertz CT molecular complexity index is 448. The SMILES string of the molecule is CC(C)(C)OC(=O)N[C@@H](CN1CCC(F)=C(Br)C1)C(=O)O. The van der Waals surface area contributed by atoms with Crippen molar-refractivity contribution in [2.24, 2.45) is 0 Å². The average molecular weight is 367 g/mol. The topological polar surface area (TPSA) is 78.9 Å². The number of carbonyl (C=O) groups is 2. The van der Waals surface area contributed by atoms with Crippen LogP contribution in [0.3, 0.4) is 0 Å². The first-order valence-electron chi connectivity index (χ1n) is 6.56. The van der Waals surface area contributed by atoms with Gasteiger partial charge in [-0.15, -0.1) is 0 Å². The summed E-state index contributed by atoms with van der Waals surface area (Å²) in [5.41, 5.74) is -0.701. The van der Waals surface area contributed by atoms with Crippen molar-refractivity contribution in [3.05, 3.63) is 10.3 Å². The van der Waals surface area contributed by atoms with Gasteiger partial charge in [0.25, 0.3) is 0 Å². The fourth-order valence-electron chi connectivity index (χ4n) is 1.80. The Morgan fingerprint density at radius 2 is 2.14 bits per heavy atom. The Morgan fingerprint density at radius 1 is 1.52 bits per heavy atom. The minimum absolute atomic E-state index is 0.0803. The Hall–Kier alpha value is -1.15. The maximum Gasteiger partial charge on any atom is 0.408 e. The van der Waals surface area contributed by atoms with Crippen LogP contribution >= 0.6 is 15.9 Å². The first-order valence-corrected chi connectivity index (χ1v) is 7.35. The maximum absolute atomic E-state index is 13.2. The van der Waals surface area contributed by atoms with Gasteiger partial charge >= 0.3 is 12.1 Å². The van der Waals surface area contributed by atoms with Crippen LogP contribution in [0.5, 0.6) is 0 Å². The molecule has 8 heteroatoms. The number of nitrogens with one attached hydrogen (secondary N) is 1. The van der Waals surface area contributed by atoms with Gasteiger partial charge < -0.3 is 15.2 Å². The first kappa shape index (κ1) is 17.9. The number of aliphatic carboxylic acids is 1. The van der Waals surface area contributed by atoms with Crippen molar-refractivity contribution >= 4 is 28.0 Å². The molecule has 0 unspecified atom stereocenters. The molecule has 0 aromatic carbocycles. The fourth-order valence-corrected chi connectivity index (χ4v) is 2.36. The molecule has 0 bridgehead atoms. The van der Waals surface area contributed by atoms with Crippen molar-refractivity contribution < 1.29 is 23.8 Å². The number of hydrogen-bond donors (Lipinski definition) is 2. The summed E-state index contributed by atoms with van der Waals surface area (Å²) in [6, 6.07) is -1.11. The molecule has 1 atom stereocenters. The lowest BCUT2D eigenvalue weighted by Crippen LogP contribution is -2.50. The second-order valence-corrected chi connectivity index (χ2v) is 6.79. The number of rotatable bonds is 4. The highest BCUT2D eigenvalue weighted by molar-refractivity contribution is 9.11. The zero-order chi connectivity index (χ0) is 16.2. The zero-order valence-corrected chi connectivity index (χ0v) is 13.9. The fraction of sp³-hybridized carbons (Fsp3) is 0.692. The maximum atomic E-state index is 13.2. The highest BCUT2D eigenvalue weighted by atomic mass is 79.9. The molecule has 1 aliphatic rings. The van der Waals surface area contributed by atoms with E-state index in [4.69, 9.17) is 4.74 Å². The van der Waals surface area contributed by atoms with E-state index in [9.17, 15) is 19.1 Å². The van der Waals surface area contributed by atoms with Crippen molar-refractivity contribution in [3.8, 4) is 0 Å². The number of hydrogen-bond acceptors (Lipinski definition) is 4. The van der Waals surface area contributed by atoms with Crippen LogP contribution in [0.25, 0.3) is 0 Å². The van der Waals surface area contributed by atoms with Crippen LogP contribution in [0, 0.1) is 0 Å². The summed E-state index contributed by atoms with van der Waals surface area (Å²) in [6.45, 7) is 5.84. The van der Waals surface area contributed by atoms with Crippen LogP contribution in [-0.2, 0) is 9.53 Å². The molecule has 1 amide bonds. The number of alkyl carbamates (subject to hydrolysis) is 1. The predicted octanol–water partition coefficient (Wildman–Crippen LogP) is 2.25. The average Bonchev–Trinajstić information content (AvgIpc) is 2.30. The number of carboxylic acids is 1. The van der Waals surface area contributed by atoms with Gasteiger partial charge in [0.2, 0.25) is 0 Å². The molecule has 2 N–H and O–H groups in total. The zero-order valence-electron chi connectivity index (χ0n) is 12.3. The standard InChI is InChI=1S/C13H20BrFN2O4/c1-13(2,3)21-12(20)16-10(11(18)19)7-17-5-4-9(15)8(14)6-17/h10H,4-7H2,1-3H3,(H,16,20)(H,18,19)/t10-/m0/s1. The quantitative estimate of drug-likeness (QED) is 0.797. The molecular weight excluding hydrogens is 347 g/mol. The van der Waals surface area contributed by atoms with Crippen LogP contribution in [-0.4, -0.2) is 53.3 Å². The lowest BCUT2D eigenvalue weighted by molar-refractivity contribution is -0.140. The Morgan fingerprint density at radius 3 is 2.62 bits per heavy atom. The second kappa shape index (κ2) is 7.22. The largest absolute Gasteiger partial charge is 0.480 e. The number of halogens is 2. The van der Waals surface area contributed by atoms with Gasteiger partial charge in [0, 0.05) is 30.5 Å². The van der Waals surface area contributed by atoms with Crippen molar-refractivity contribution in [1.29, 1.82) is 0 Å². The predicted molar refractivity (Wildman–Crippen MR) is 78.9 cm³/mol. The molecule has 0 aromatic rings. The van der Waals surface area contributed by atoms with Crippen LogP contribution in [0.15, 0.2) is 10.3 Å². The third kappa shape index (κ3) is 6.43. The summed E-state index contributed by atoms with van der Waals surface area (Å²) in [6.07, 6.45) is -0.563. The molecule has 21 heavy (non-hydrogen) atoms. The summed E-state index contributed by atoms with van der Waals surface area (Å²) in [4.78, 5) is 24.6. The summed E-state index contributed by atoms with van der Waals surface area (Å²) in [7, 11) is 0. The molecule has 0 aliphatic carbocycles. The number of amides is 1. The summed E-state index contributed by atoms with van der Waals surface area (Å²) < 4.78 is 18.7. The number of carbonyl (C=O) groups excluding carboxylic acids is 1. The summed E-state index contributed by atoms with van der Waals surface area (Å²) in [5, 5.41) is 11.5. The van der Waals surface area contributed by atoms with Crippen LogP contribution in [0.4, 0.5) is 9.18 Å². The van der Waals surface area contributed by atoms with Gasteiger partial charge in [-0.05, 0) is 20.8 Å². The van der Waals surface area contributed by atoms with Gasteiger partial charge in [0.15, 0.2) is 0 Å². The molecule has 1 rings (SSSR count). The molecule has 0 fully saturated rings. The lowest BCUT2D eigenvalue weighted by Gasteiger charge is -2.29. The van der Waals surface area contributed by atoms with Gasteiger partial charge in [-0.25, -0.2) is 14.0 Å². The van der Waals surface area contributed by atoms with Gasteiger partial charge in [-0.3, -0.25) is 4.90 Å². The van der Waals surface area contributed by atoms with E-state index in [2.05, 4.69) is 21.2 Å². The number of carboxylic acid groups (broad SMARTS) is 1. The highest BCUT2D eigenvalue weighted by Gasteiger charge is 2.27. The van der Waals surface area contributed by atoms with E-state index < -0.39 is 23.7 Å². The van der Waals surface area contributed by atoms with Gasteiger partial charge in [-0.2, -0.15) is 0 Å². The highest BCUT2D eigenvalue weighted by Crippen LogP contribution is 2.23. The van der Waals surface area contributed by atoms with E-state index >= 15 is 0 Å². The Balaban J connectivity index is 2.59. The molecule has 0 radical (unpaired) electrons. The van der Waals surface area contributed by atoms with E-state index in [1.54, 1.807) is 25.7 Å². The Kier molecular flexibility index (Phi) is 6.15. The molecule has 0 aromatic heterocycles. The molecule has 0 saturated carbocycles. The minimum Gasteiger partial charge on any atom is -0.480 e. The molecule has 6 nitrogen and oxygen atoms in total. The minimum atomic E-state index is -1.16. The second-order valence-electron chi connectivity index (χ2n) is 5.83. The summed E-state index contributed by atoms with van der Waals surface area (Å²) in [5.74, 6) is -1.38. The smallest absolute Gasteiger partial charge is 0.408 e. The normalized spacial score (nSPS) is 18.3. The van der Waals surface area contributed by atoms with Crippen molar-refractivity contribution in [2.45, 2.75) is 38.8 Å². The monoisotopic (exact) mass is 366 g/mol. The van der Waals surface area contributed by atoms with Crippen molar-refractivity contribution in [3.63, 3.8) is 0 Å². The van der Waals surface area contributed by atoms with Crippen LogP contribution in [0.1, 0.15) is 27.2 Å². The lowest BCUT2D eigenvalue weighted by atomic mass is 10.2. The first-order chi connectivity index (χ1) is 9.58. The third-order valence-corrected chi connectivity index (χ3v) is 3.42. The van der Waals surface area contributed by atoms with E-state index in [1.807, 2.05) is 0 Å². The van der Waals surface area contributed by atoms with E-state index in [-0.39, 0.29) is 25.3 Å². The van der Waals surface area contributed by atoms with Crippen molar-refractivity contribution in [2.75, 3.05) is 19.6 Å². The molecule has 1 aliphatic heterocycles. The van der Waals surface area contributed by atoms with Crippen LogP contribution in [0.2, 0.25) is 0 Å². The molecule has 0 spiro atoms. The number of ether oxygens (including phenoxy) is 1. The third-order valence-electron chi connectivity index (χ3n) is 2.73. The molecule has 0 saturated heterocycles. The van der Waals surface area contributed by atoms with Gasteiger partial charge in [0.05, 0.1) is 0 Å². The van der Waals surface area contributed by atoms with Gasteiger partial charge in [0.1, 0.15) is 17.5 Å². The molecular formula is C13H20BrFN2O4. The van der Waals surface area contributed by atoms with Crippen LogP contribution < -0.4 is 5.32 Å². The number of nitrogens with zero attached hydrogens (tertiary/aromatic N) is 1. The van der Waals surface area contributed by atoms with E-state index in [1.165, 1.54) is 0 Å². The molecule has 120 valence electrons. The van der Waals surface area contributed by atoms with Crippen molar-refractivity contribution in [1.82, 2.24) is 10.2 Å². The summed E-state index contributed by atoms with van der Waals surface area (Å²) >= 11 is 3.12. The van der Waals surface area contributed by atoms with E-state index in [0.29, 0.717) is 11.0 Å². The van der Waals surface area contributed by atoms with Gasteiger partial charge in [-0.1, -0.05) is 15.9 Å².